The third kappa shape index (κ3) is 2.73. The molecule has 1 aliphatic heterocycles. The Morgan fingerprint density at radius 1 is 1.22 bits per heavy atom. The number of carbonyl (C=O) groups excluding carboxylic acids is 2. The van der Waals surface area contributed by atoms with Crippen molar-refractivity contribution in [1.29, 1.82) is 0 Å². The maximum Gasteiger partial charge on any atom is 0.326 e. The van der Waals surface area contributed by atoms with Crippen molar-refractivity contribution in [1.82, 2.24) is 14.5 Å². The second-order valence-electron chi connectivity index (χ2n) is 7.20. The van der Waals surface area contributed by atoms with Crippen molar-refractivity contribution < 1.29 is 22.4 Å². The van der Waals surface area contributed by atoms with Crippen LogP contribution in [0.4, 0.5) is 9.18 Å². The molecular formula is C14H22FN3O4S. The molecule has 1 N–H and O–H groups in total. The molecule has 0 spiro atoms. The molecule has 2 aliphatic carbocycles. The Morgan fingerprint density at radius 2 is 1.83 bits per heavy atom. The molecule has 23 heavy (non-hydrogen) atoms. The number of hydrogen-bond acceptors (Lipinski definition) is 4. The summed E-state index contributed by atoms with van der Waals surface area (Å²) in [5.74, 6) is -1.32. The molecule has 3 aliphatic rings. The van der Waals surface area contributed by atoms with Gasteiger partial charge in [0.1, 0.15) is 6.17 Å². The van der Waals surface area contributed by atoms with Gasteiger partial charge in [0.2, 0.25) is 15.9 Å². The fourth-order valence-corrected chi connectivity index (χ4v) is 5.55. The Bertz CT molecular complexity index is 648. The Morgan fingerprint density at radius 3 is 2.39 bits per heavy atom. The molecule has 0 aromatic heterocycles. The molecule has 0 radical (unpaired) electrons. The lowest BCUT2D eigenvalue weighted by atomic mass is 9.80. The summed E-state index contributed by atoms with van der Waals surface area (Å²) in [6, 6.07) is -1.43. The van der Waals surface area contributed by atoms with Crippen LogP contribution in [0.1, 0.15) is 32.6 Å². The highest BCUT2D eigenvalue weighted by Crippen LogP contribution is 2.40. The molecule has 4 atom stereocenters. The zero-order valence-electron chi connectivity index (χ0n) is 13.5. The van der Waals surface area contributed by atoms with E-state index in [0.717, 1.165) is 17.7 Å². The zero-order valence-corrected chi connectivity index (χ0v) is 14.3. The highest BCUT2D eigenvalue weighted by atomic mass is 32.2. The van der Waals surface area contributed by atoms with E-state index in [2.05, 4.69) is 4.72 Å². The van der Waals surface area contributed by atoms with E-state index < -0.39 is 50.9 Å². The summed E-state index contributed by atoms with van der Waals surface area (Å²) in [5, 5.41) is -0.949. The smallest absolute Gasteiger partial charge is 0.321 e. The Hall–Kier alpha value is -1.22. The number of nitrogens with zero attached hydrogens (tertiary/aromatic N) is 2. The lowest BCUT2D eigenvalue weighted by molar-refractivity contribution is -0.140. The first-order valence-corrected chi connectivity index (χ1v) is 9.31. The van der Waals surface area contributed by atoms with Crippen LogP contribution in [0.5, 0.6) is 0 Å². The molecule has 9 heteroatoms. The number of amides is 3. The van der Waals surface area contributed by atoms with E-state index in [4.69, 9.17) is 0 Å². The number of sulfonamides is 1. The van der Waals surface area contributed by atoms with Crippen LogP contribution in [0.2, 0.25) is 0 Å². The molecule has 3 rings (SSSR count). The Balaban J connectivity index is 1.84. The van der Waals surface area contributed by atoms with E-state index in [9.17, 15) is 22.4 Å². The summed E-state index contributed by atoms with van der Waals surface area (Å²) in [6.45, 7) is 1.81. The minimum Gasteiger partial charge on any atom is -0.321 e. The van der Waals surface area contributed by atoms with Gasteiger partial charge in [0.15, 0.2) is 0 Å². The van der Waals surface area contributed by atoms with Crippen molar-refractivity contribution >= 4 is 22.0 Å². The lowest BCUT2D eigenvalue weighted by Crippen LogP contribution is -2.65. The van der Waals surface area contributed by atoms with Gasteiger partial charge in [-0.3, -0.25) is 9.69 Å². The van der Waals surface area contributed by atoms with Gasteiger partial charge in [-0.25, -0.2) is 22.3 Å². The van der Waals surface area contributed by atoms with E-state index in [1.165, 1.54) is 19.0 Å². The molecule has 7 nitrogen and oxygen atoms in total. The number of imide groups is 1. The van der Waals surface area contributed by atoms with Crippen LogP contribution < -0.4 is 4.72 Å². The normalized spacial score (nSPS) is 36.9. The molecular weight excluding hydrogens is 325 g/mol. The van der Waals surface area contributed by atoms with E-state index in [1.807, 2.05) is 6.92 Å². The highest BCUT2D eigenvalue weighted by Gasteiger charge is 2.54. The Labute approximate surface area is 135 Å². The maximum absolute atomic E-state index is 14.6. The van der Waals surface area contributed by atoms with Crippen LogP contribution in [0, 0.1) is 5.92 Å². The summed E-state index contributed by atoms with van der Waals surface area (Å²) >= 11 is 0. The number of carbonyl (C=O) groups is 2. The van der Waals surface area contributed by atoms with E-state index in [0.29, 0.717) is 0 Å². The van der Waals surface area contributed by atoms with Crippen molar-refractivity contribution in [2.75, 3.05) is 14.1 Å². The van der Waals surface area contributed by atoms with Crippen LogP contribution >= 0.6 is 0 Å². The molecule has 130 valence electrons. The van der Waals surface area contributed by atoms with Gasteiger partial charge in [-0.2, -0.15) is 0 Å². The largest absolute Gasteiger partial charge is 0.326 e. The van der Waals surface area contributed by atoms with Gasteiger partial charge in [0.05, 0.1) is 17.2 Å². The monoisotopic (exact) mass is 347 g/mol. The van der Waals surface area contributed by atoms with Crippen LogP contribution in [0.3, 0.4) is 0 Å². The molecule has 3 fully saturated rings. The minimum atomic E-state index is -3.70. The first-order chi connectivity index (χ1) is 10.6. The predicted molar refractivity (Wildman–Crippen MR) is 80.8 cm³/mol. The molecule has 0 bridgehead atoms. The van der Waals surface area contributed by atoms with Crippen molar-refractivity contribution in [2.24, 2.45) is 5.92 Å². The van der Waals surface area contributed by atoms with Gasteiger partial charge in [0.25, 0.3) is 0 Å². The summed E-state index contributed by atoms with van der Waals surface area (Å²) in [4.78, 5) is 26.4. The third-order valence-corrected chi connectivity index (χ3v) is 7.34. The quantitative estimate of drug-likeness (QED) is 0.804. The molecule has 0 aromatic rings. The third-order valence-electron chi connectivity index (χ3n) is 5.30. The van der Waals surface area contributed by atoms with Crippen LogP contribution in [0.25, 0.3) is 0 Å². The van der Waals surface area contributed by atoms with Gasteiger partial charge >= 0.3 is 6.03 Å². The van der Waals surface area contributed by atoms with Crippen molar-refractivity contribution in [3.8, 4) is 0 Å². The maximum atomic E-state index is 14.6. The summed E-state index contributed by atoms with van der Waals surface area (Å²) in [7, 11) is -0.906. The van der Waals surface area contributed by atoms with Crippen molar-refractivity contribution in [3.05, 3.63) is 0 Å². The van der Waals surface area contributed by atoms with Gasteiger partial charge in [0, 0.05) is 19.6 Å². The highest BCUT2D eigenvalue weighted by molar-refractivity contribution is 7.90. The average Bonchev–Trinajstić information content (AvgIpc) is 3.18. The summed E-state index contributed by atoms with van der Waals surface area (Å²) in [6.07, 6.45) is -0.154. The van der Waals surface area contributed by atoms with E-state index in [1.54, 1.807) is 0 Å². The zero-order chi connectivity index (χ0) is 17.2. The second-order valence-corrected chi connectivity index (χ2v) is 9.17. The fraction of sp³-hybridized carbons (Fsp3) is 0.857. The van der Waals surface area contributed by atoms with E-state index in [-0.39, 0.29) is 12.8 Å². The molecule has 2 saturated carbocycles. The summed E-state index contributed by atoms with van der Waals surface area (Å²) < 4.78 is 42.3. The summed E-state index contributed by atoms with van der Waals surface area (Å²) in [5.41, 5.74) is -0.429. The number of hydrogen-bond donors (Lipinski definition) is 1. The number of halogens is 1. The molecule has 0 aromatic carbocycles. The van der Waals surface area contributed by atoms with Crippen molar-refractivity contribution in [3.63, 3.8) is 0 Å². The number of alkyl halides is 1. The first-order valence-electron chi connectivity index (χ1n) is 7.77. The number of rotatable bonds is 3. The molecule has 4 unspecified atom stereocenters. The minimum absolute atomic E-state index is 0.0390. The Kier molecular flexibility index (Phi) is 3.72. The van der Waals surface area contributed by atoms with E-state index >= 15 is 0 Å². The van der Waals surface area contributed by atoms with Gasteiger partial charge in [-0.05, 0) is 32.6 Å². The van der Waals surface area contributed by atoms with Crippen LogP contribution in [0.15, 0.2) is 0 Å². The molecule has 1 saturated heterocycles. The van der Waals surface area contributed by atoms with Crippen LogP contribution in [-0.2, 0) is 14.8 Å². The number of nitrogens with one attached hydrogen (secondary N) is 1. The molecule has 3 amide bonds. The van der Waals surface area contributed by atoms with Gasteiger partial charge < -0.3 is 4.90 Å². The van der Waals surface area contributed by atoms with Gasteiger partial charge in [-0.1, -0.05) is 0 Å². The topological polar surface area (TPSA) is 86.8 Å². The van der Waals surface area contributed by atoms with Crippen LogP contribution in [-0.4, -0.2) is 67.3 Å². The fourth-order valence-electron chi connectivity index (χ4n) is 3.60. The standard InChI is InChI=1S/C14H22FN3O4S/c1-14(4-5-14)16-23(21,22)8-6-9-11(10(15)7-8)17(2)13(20)18(3)12(9)19/h8-11,16H,4-7H2,1-3H3. The SMILES string of the molecule is CN1C(=O)C2CC(S(=O)(=O)NC3(C)CC3)CC(F)C2N(C)C1=O. The second kappa shape index (κ2) is 5.14. The number of fused-ring (bicyclic) bond motifs is 1. The average molecular weight is 347 g/mol. The lowest BCUT2D eigenvalue weighted by Gasteiger charge is -2.47. The number of urea groups is 1. The first kappa shape index (κ1) is 16.6. The van der Waals surface area contributed by atoms with Crippen molar-refractivity contribution in [2.45, 2.75) is 55.6 Å². The van der Waals surface area contributed by atoms with Gasteiger partial charge in [-0.15, -0.1) is 0 Å². The predicted octanol–water partition coefficient (Wildman–Crippen LogP) is 0.467. The molecule has 1 heterocycles.